The van der Waals surface area contributed by atoms with Gasteiger partial charge in [0.25, 0.3) is 0 Å². The summed E-state index contributed by atoms with van der Waals surface area (Å²) in [6, 6.07) is 7.10. The van der Waals surface area contributed by atoms with E-state index >= 15 is 0 Å². The number of amides is 2. The number of rotatable bonds is 7. The molecule has 3 N–H and O–H groups in total. The average molecular weight is 488 g/mol. The summed E-state index contributed by atoms with van der Waals surface area (Å²) in [6.07, 6.45) is -3.91. The second kappa shape index (κ2) is 10.1. The first kappa shape index (κ1) is 23.2. The highest BCUT2D eigenvalue weighted by Gasteiger charge is 2.30. The monoisotopic (exact) mass is 487 g/mol. The van der Waals surface area contributed by atoms with Crippen LogP contribution in [0.3, 0.4) is 0 Å². The number of ether oxygens (including phenoxy) is 1. The molecule has 0 spiro atoms. The van der Waals surface area contributed by atoms with Crippen molar-refractivity contribution in [2.75, 3.05) is 11.9 Å². The van der Waals surface area contributed by atoms with Crippen LogP contribution in [0.2, 0.25) is 0 Å². The van der Waals surface area contributed by atoms with Gasteiger partial charge in [0.1, 0.15) is 6.42 Å². The lowest BCUT2D eigenvalue weighted by Gasteiger charge is -2.09. The summed E-state index contributed by atoms with van der Waals surface area (Å²) in [6.45, 7) is 2.08. The van der Waals surface area contributed by atoms with Crippen LogP contribution in [0.15, 0.2) is 46.0 Å². The number of phenolic OH excluding ortho intramolecular Hbond substituents is 1. The maximum absolute atomic E-state index is 12.7. The van der Waals surface area contributed by atoms with Crippen LogP contribution >= 0.6 is 15.9 Å². The zero-order valence-corrected chi connectivity index (χ0v) is 17.2. The average Bonchev–Trinajstić information content (AvgIpc) is 2.65. The maximum atomic E-state index is 12.7. The summed E-state index contributed by atoms with van der Waals surface area (Å²) >= 11 is 3.17. The van der Waals surface area contributed by atoms with Gasteiger partial charge in [-0.1, -0.05) is 6.07 Å². The third-order valence-electron chi connectivity index (χ3n) is 3.55. The lowest BCUT2D eigenvalue weighted by atomic mass is 10.2. The standard InChI is InChI=1S/C19H17BrF3N3O4/c1-2-30-15-7-11(6-14(20)18(15)29)10-24-26-17(28)9-16(27)25-13-5-3-4-12(8-13)19(21,22)23/h3-8,10,29H,2,9H2,1H3,(H,25,27)(H,26,28). The zero-order chi connectivity index (χ0) is 22.3. The Morgan fingerprint density at radius 2 is 1.97 bits per heavy atom. The van der Waals surface area contributed by atoms with Crippen LogP contribution < -0.4 is 15.5 Å². The molecule has 0 heterocycles. The summed E-state index contributed by atoms with van der Waals surface area (Å²) in [5.74, 6) is -1.42. The van der Waals surface area contributed by atoms with Gasteiger partial charge in [-0.25, -0.2) is 5.43 Å². The van der Waals surface area contributed by atoms with E-state index in [1.165, 1.54) is 24.4 Å². The van der Waals surface area contributed by atoms with Gasteiger partial charge in [0.15, 0.2) is 11.5 Å². The van der Waals surface area contributed by atoms with Crippen molar-refractivity contribution in [1.82, 2.24) is 5.43 Å². The fourth-order valence-electron chi connectivity index (χ4n) is 2.28. The number of hydrogen-bond acceptors (Lipinski definition) is 5. The molecule has 0 bridgehead atoms. The van der Waals surface area contributed by atoms with Crippen molar-refractivity contribution in [3.05, 3.63) is 52.0 Å². The van der Waals surface area contributed by atoms with E-state index in [1.807, 2.05) is 0 Å². The van der Waals surface area contributed by atoms with Crippen LogP contribution in [-0.2, 0) is 15.8 Å². The minimum atomic E-state index is -4.54. The number of carbonyl (C=O) groups is 2. The number of benzene rings is 2. The molecule has 0 aliphatic carbocycles. The molecule has 2 rings (SSSR count). The molecule has 2 amide bonds. The van der Waals surface area contributed by atoms with Gasteiger partial charge in [-0.3, -0.25) is 9.59 Å². The first-order valence-corrected chi connectivity index (χ1v) is 9.33. The molecule has 0 radical (unpaired) electrons. The van der Waals surface area contributed by atoms with E-state index in [9.17, 15) is 27.9 Å². The fraction of sp³-hybridized carbons (Fsp3) is 0.211. The number of phenols is 1. The number of carbonyl (C=O) groups excluding carboxylic acids is 2. The van der Waals surface area contributed by atoms with Crippen molar-refractivity contribution in [2.45, 2.75) is 19.5 Å². The third-order valence-corrected chi connectivity index (χ3v) is 4.15. The second-order valence-electron chi connectivity index (χ2n) is 5.88. The molecule has 0 atom stereocenters. The van der Waals surface area contributed by atoms with Gasteiger partial charge >= 0.3 is 6.18 Å². The number of hydrazone groups is 1. The largest absolute Gasteiger partial charge is 0.503 e. The third kappa shape index (κ3) is 6.76. The number of alkyl halides is 3. The summed E-state index contributed by atoms with van der Waals surface area (Å²) < 4.78 is 43.7. The molecule has 2 aromatic rings. The first-order chi connectivity index (χ1) is 14.1. The quantitative estimate of drug-likeness (QED) is 0.311. The van der Waals surface area contributed by atoms with Crippen molar-refractivity contribution in [2.24, 2.45) is 5.10 Å². The van der Waals surface area contributed by atoms with Crippen LogP contribution in [0.1, 0.15) is 24.5 Å². The van der Waals surface area contributed by atoms with Crippen LogP contribution in [0.4, 0.5) is 18.9 Å². The topological polar surface area (TPSA) is 100 Å². The van der Waals surface area contributed by atoms with E-state index in [-0.39, 0.29) is 17.2 Å². The van der Waals surface area contributed by atoms with Crippen molar-refractivity contribution >= 4 is 39.6 Å². The number of halogens is 4. The molecule has 2 aromatic carbocycles. The van der Waals surface area contributed by atoms with Gasteiger partial charge in [-0.05, 0) is 58.7 Å². The smallest absolute Gasteiger partial charge is 0.416 e. The molecule has 0 aromatic heterocycles. The Kier molecular flexibility index (Phi) is 7.81. The molecular formula is C19H17BrF3N3O4. The molecule has 0 saturated carbocycles. The van der Waals surface area contributed by atoms with Gasteiger partial charge in [0.2, 0.25) is 11.8 Å². The molecule has 0 unspecified atom stereocenters. The second-order valence-corrected chi connectivity index (χ2v) is 6.73. The summed E-state index contributed by atoms with van der Waals surface area (Å²) in [7, 11) is 0. The fourth-order valence-corrected chi connectivity index (χ4v) is 2.74. The molecular weight excluding hydrogens is 471 g/mol. The van der Waals surface area contributed by atoms with Crippen LogP contribution in [0.5, 0.6) is 11.5 Å². The van der Waals surface area contributed by atoms with Gasteiger partial charge in [-0.15, -0.1) is 0 Å². The highest BCUT2D eigenvalue weighted by molar-refractivity contribution is 9.10. The molecule has 0 aliphatic heterocycles. The number of hydrogen-bond donors (Lipinski definition) is 3. The van der Waals surface area contributed by atoms with Gasteiger partial charge in [-0.2, -0.15) is 18.3 Å². The highest BCUT2D eigenvalue weighted by Crippen LogP contribution is 2.35. The predicted octanol–water partition coefficient (Wildman–Crippen LogP) is 4.05. The summed E-state index contributed by atoms with van der Waals surface area (Å²) in [4.78, 5) is 23.7. The van der Waals surface area contributed by atoms with Gasteiger partial charge < -0.3 is 15.2 Å². The lowest BCUT2D eigenvalue weighted by Crippen LogP contribution is -2.24. The highest BCUT2D eigenvalue weighted by atomic mass is 79.9. The van der Waals surface area contributed by atoms with E-state index in [0.717, 1.165) is 18.2 Å². The van der Waals surface area contributed by atoms with Gasteiger partial charge in [0.05, 0.1) is 22.9 Å². The normalized spacial score (nSPS) is 11.4. The molecule has 30 heavy (non-hydrogen) atoms. The molecule has 0 saturated heterocycles. The van der Waals surface area contributed by atoms with Crippen molar-refractivity contribution in [1.29, 1.82) is 0 Å². The van der Waals surface area contributed by atoms with E-state index in [4.69, 9.17) is 4.74 Å². The SMILES string of the molecule is CCOc1cc(C=NNC(=O)CC(=O)Nc2cccc(C(F)(F)F)c2)cc(Br)c1O. The Balaban J connectivity index is 1.92. The number of anilines is 1. The van der Waals surface area contributed by atoms with E-state index in [2.05, 4.69) is 31.8 Å². The van der Waals surface area contributed by atoms with E-state index < -0.39 is 30.0 Å². The lowest BCUT2D eigenvalue weighted by molar-refractivity contribution is -0.137. The Morgan fingerprint density at radius 3 is 2.63 bits per heavy atom. The van der Waals surface area contributed by atoms with Crippen LogP contribution in [0.25, 0.3) is 0 Å². The van der Waals surface area contributed by atoms with Crippen molar-refractivity contribution in [3.63, 3.8) is 0 Å². The molecule has 0 aliphatic rings. The van der Waals surface area contributed by atoms with E-state index in [0.29, 0.717) is 16.6 Å². The van der Waals surface area contributed by atoms with Crippen molar-refractivity contribution < 1.29 is 32.6 Å². The van der Waals surface area contributed by atoms with E-state index in [1.54, 1.807) is 6.92 Å². The molecule has 11 heteroatoms. The number of aromatic hydroxyl groups is 1. The first-order valence-electron chi connectivity index (χ1n) is 8.54. The Hall–Kier alpha value is -3.08. The Labute approximate surface area is 178 Å². The minimum Gasteiger partial charge on any atom is -0.503 e. The Morgan fingerprint density at radius 1 is 1.23 bits per heavy atom. The van der Waals surface area contributed by atoms with Crippen LogP contribution in [0, 0.1) is 0 Å². The predicted molar refractivity (Wildman–Crippen MR) is 107 cm³/mol. The van der Waals surface area contributed by atoms with Crippen LogP contribution in [-0.4, -0.2) is 29.7 Å². The number of nitrogens with zero attached hydrogens (tertiary/aromatic N) is 1. The van der Waals surface area contributed by atoms with Crippen molar-refractivity contribution in [3.8, 4) is 11.5 Å². The molecule has 7 nitrogen and oxygen atoms in total. The van der Waals surface area contributed by atoms with Gasteiger partial charge in [0, 0.05) is 5.69 Å². The summed E-state index contributed by atoms with van der Waals surface area (Å²) in [5.41, 5.74) is 1.64. The Bertz CT molecular complexity index is 965. The molecule has 160 valence electrons. The zero-order valence-electron chi connectivity index (χ0n) is 15.6. The molecule has 0 fully saturated rings. The summed E-state index contributed by atoms with van der Waals surface area (Å²) in [5, 5.41) is 15.8. The maximum Gasteiger partial charge on any atom is 0.416 e. The minimum absolute atomic E-state index is 0.0794. The number of nitrogens with one attached hydrogen (secondary N) is 2.